The molecule has 1 atom stereocenters. The summed E-state index contributed by atoms with van der Waals surface area (Å²) in [7, 11) is 0. The number of hydrogen-bond acceptors (Lipinski definition) is 4. The number of aryl methyl sites for hydroxylation is 1. The van der Waals surface area contributed by atoms with Gasteiger partial charge in [-0.15, -0.1) is 5.10 Å². The van der Waals surface area contributed by atoms with E-state index in [-0.39, 0.29) is 17.4 Å². The van der Waals surface area contributed by atoms with Crippen molar-refractivity contribution in [1.82, 2.24) is 15.1 Å². The van der Waals surface area contributed by atoms with Crippen LogP contribution in [0.15, 0.2) is 69.9 Å². The summed E-state index contributed by atoms with van der Waals surface area (Å²) in [6.45, 7) is 4.01. The van der Waals surface area contributed by atoms with E-state index in [2.05, 4.69) is 38.2 Å². The Hall–Kier alpha value is -2.93. The Morgan fingerprint density at radius 1 is 1.12 bits per heavy atom. The first kappa shape index (κ1) is 22.3. The molecule has 0 spiro atoms. The zero-order valence-corrected chi connectivity index (χ0v) is 19.7. The molecule has 4 rings (SSSR count). The predicted molar refractivity (Wildman–Crippen MR) is 130 cm³/mol. The number of nitrogens with zero attached hydrogens (tertiary/aromatic N) is 3. The third-order valence-corrected chi connectivity index (χ3v) is 6.34. The molecule has 7 heteroatoms. The summed E-state index contributed by atoms with van der Waals surface area (Å²) >= 11 is 3.46. The number of halogens is 1. The summed E-state index contributed by atoms with van der Waals surface area (Å²) in [6, 6.07) is 19.1. The van der Waals surface area contributed by atoms with Crippen molar-refractivity contribution in [2.75, 3.05) is 18.0 Å². The number of hydrogen-bond donors (Lipinski definition) is 1. The Kier molecular flexibility index (Phi) is 7.05. The topological polar surface area (TPSA) is 67.2 Å². The van der Waals surface area contributed by atoms with Gasteiger partial charge in [0, 0.05) is 30.2 Å². The van der Waals surface area contributed by atoms with Crippen LogP contribution in [0.4, 0.5) is 5.82 Å². The lowest BCUT2D eigenvalue weighted by Crippen LogP contribution is -2.43. The normalized spacial score (nSPS) is 16.1. The SMILES string of the molecule is CCc1ccc(-n2nc(N3CCCC(C(=O)NCc4cccc(Br)c4)C3)ccc2=O)cc1. The lowest BCUT2D eigenvalue weighted by atomic mass is 9.97. The van der Waals surface area contributed by atoms with Gasteiger partial charge in [-0.2, -0.15) is 4.68 Å². The Labute approximate surface area is 196 Å². The van der Waals surface area contributed by atoms with Gasteiger partial charge < -0.3 is 10.2 Å². The molecular weight excluding hydrogens is 468 g/mol. The molecule has 0 saturated carbocycles. The number of aromatic nitrogens is 2. The number of carbonyl (C=O) groups excluding carboxylic acids is 1. The number of rotatable bonds is 6. The molecule has 0 bridgehead atoms. The van der Waals surface area contributed by atoms with Crippen molar-refractivity contribution in [3.8, 4) is 5.69 Å². The van der Waals surface area contributed by atoms with Crippen molar-refractivity contribution in [3.05, 3.63) is 86.6 Å². The average Bonchev–Trinajstić information content (AvgIpc) is 2.83. The quantitative estimate of drug-likeness (QED) is 0.560. The van der Waals surface area contributed by atoms with E-state index >= 15 is 0 Å². The maximum absolute atomic E-state index is 12.8. The average molecular weight is 495 g/mol. The van der Waals surface area contributed by atoms with Crippen molar-refractivity contribution in [2.24, 2.45) is 5.92 Å². The van der Waals surface area contributed by atoms with Gasteiger partial charge in [0.2, 0.25) is 5.91 Å². The van der Waals surface area contributed by atoms with Crippen LogP contribution in [0.2, 0.25) is 0 Å². The number of carbonyl (C=O) groups is 1. The Bertz CT molecular complexity index is 1140. The van der Waals surface area contributed by atoms with E-state index < -0.39 is 0 Å². The van der Waals surface area contributed by atoms with Gasteiger partial charge in [0.05, 0.1) is 11.6 Å². The second kappa shape index (κ2) is 10.1. The molecule has 3 aromatic rings. The highest BCUT2D eigenvalue weighted by Crippen LogP contribution is 2.22. The molecule has 166 valence electrons. The first-order valence-corrected chi connectivity index (χ1v) is 11.8. The van der Waals surface area contributed by atoms with E-state index in [1.54, 1.807) is 12.1 Å². The lowest BCUT2D eigenvalue weighted by Gasteiger charge is -2.33. The summed E-state index contributed by atoms with van der Waals surface area (Å²) in [5, 5.41) is 7.67. The van der Waals surface area contributed by atoms with Crippen LogP contribution in [0.5, 0.6) is 0 Å². The predicted octanol–water partition coefficient (Wildman–Crippen LogP) is 4.09. The van der Waals surface area contributed by atoms with Gasteiger partial charge >= 0.3 is 0 Å². The van der Waals surface area contributed by atoms with E-state index in [4.69, 9.17) is 0 Å². The van der Waals surface area contributed by atoms with Crippen molar-refractivity contribution in [1.29, 1.82) is 0 Å². The zero-order chi connectivity index (χ0) is 22.5. The van der Waals surface area contributed by atoms with Gasteiger partial charge in [-0.25, -0.2) is 0 Å². The van der Waals surface area contributed by atoms with Crippen LogP contribution in [-0.2, 0) is 17.8 Å². The van der Waals surface area contributed by atoms with E-state index in [1.165, 1.54) is 10.2 Å². The van der Waals surface area contributed by atoms with E-state index in [1.807, 2.05) is 48.5 Å². The molecular formula is C25H27BrN4O2. The van der Waals surface area contributed by atoms with E-state index in [0.717, 1.165) is 41.5 Å². The van der Waals surface area contributed by atoms with Gasteiger partial charge in [0.15, 0.2) is 0 Å². The minimum atomic E-state index is -0.168. The van der Waals surface area contributed by atoms with Gasteiger partial charge in [-0.1, -0.05) is 47.1 Å². The zero-order valence-electron chi connectivity index (χ0n) is 18.1. The molecule has 1 aliphatic rings. The highest BCUT2D eigenvalue weighted by atomic mass is 79.9. The van der Waals surface area contributed by atoms with E-state index in [0.29, 0.717) is 18.9 Å². The molecule has 0 radical (unpaired) electrons. The molecule has 2 aromatic carbocycles. The highest BCUT2D eigenvalue weighted by molar-refractivity contribution is 9.10. The standard InChI is InChI=1S/C25H27BrN4O2/c1-2-18-8-10-22(11-9-18)30-24(31)13-12-23(28-30)29-14-4-6-20(17-29)25(32)27-16-19-5-3-7-21(26)15-19/h3,5,7-13,15,20H,2,4,6,14,16-17H2,1H3,(H,27,32). The Morgan fingerprint density at radius 3 is 2.69 bits per heavy atom. The van der Waals surface area contributed by atoms with Crippen LogP contribution >= 0.6 is 15.9 Å². The molecule has 1 unspecified atom stereocenters. The van der Waals surface area contributed by atoms with Crippen molar-refractivity contribution < 1.29 is 4.79 Å². The van der Waals surface area contributed by atoms with Gasteiger partial charge in [-0.3, -0.25) is 9.59 Å². The largest absolute Gasteiger partial charge is 0.354 e. The lowest BCUT2D eigenvalue weighted by molar-refractivity contribution is -0.125. The minimum Gasteiger partial charge on any atom is -0.354 e. The second-order valence-corrected chi connectivity index (χ2v) is 9.01. The van der Waals surface area contributed by atoms with Crippen molar-refractivity contribution in [2.45, 2.75) is 32.7 Å². The van der Waals surface area contributed by atoms with Crippen LogP contribution in [0.1, 0.15) is 30.9 Å². The molecule has 1 N–H and O–H groups in total. The molecule has 1 amide bonds. The van der Waals surface area contributed by atoms with Crippen LogP contribution in [0, 0.1) is 5.92 Å². The number of anilines is 1. The molecule has 1 fully saturated rings. The first-order chi connectivity index (χ1) is 15.5. The fourth-order valence-electron chi connectivity index (χ4n) is 4.01. The Balaban J connectivity index is 1.45. The summed E-state index contributed by atoms with van der Waals surface area (Å²) in [5.74, 6) is 0.661. The fraction of sp³-hybridized carbons (Fsp3) is 0.320. The summed E-state index contributed by atoms with van der Waals surface area (Å²) in [6.07, 6.45) is 2.70. The monoisotopic (exact) mass is 494 g/mol. The molecule has 1 aliphatic heterocycles. The van der Waals surface area contributed by atoms with Crippen LogP contribution < -0.4 is 15.8 Å². The molecule has 0 aliphatic carbocycles. The maximum atomic E-state index is 12.8. The van der Waals surface area contributed by atoms with Gasteiger partial charge in [0.1, 0.15) is 5.82 Å². The van der Waals surface area contributed by atoms with Crippen LogP contribution in [0.3, 0.4) is 0 Å². The van der Waals surface area contributed by atoms with E-state index in [9.17, 15) is 9.59 Å². The maximum Gasteiger partial charge on any atom is 0.271 e. The first-order valence-electron chi connectivity index (χ1n) is 11.0. The number of nitrogens with one attached hydrogen (secondary N) is 1. The third-order valence-electron chi connectivity index (χ3n) is 5.85. The van der Waals surface area contributed by atoms with Crippen LogP contribution in [-0.4, -0.2) is 28.8 Å². The van der Waals surface area contributed by atoms with Crippen molar-refractivity contribution >= 4 is 27.7 Å². The summed E-state index contributed by atoms with van der Waals surface area (Å²) in [5.41, 5.74) is 2.85. The molecule has 32 heavy (non-hydrogen) atoms. The Morgan fingerprint density at radius 2 is 1.94 bits per heavy atom. The fourth-order valence-corrected chi connectivity index (χ4v) is 4.45. The van der Waals surface area contributed by atoms with Crippen molar-refractivity contribution in [3.63, 3.8) is 0 Å². The highest BCUT2D eigenvalue weighted by Gasteiger charge is 2.26. The number of amides is 1. The molecule has 1 saturated heterocycles. The number of benzene rings is 2. The van der Waals surface area contributed by atoms with Gasteiger partial charge in [-0.05, 0) is 60.7 Å². The summed E-state index contributed by atoms with van der Waals surface area (Å²) in [4.78, 5) is 27.4. The minimum absolute atomic E-state index is 0.0538. The third kappa shape index (κ3) is 5.27. The molecule has 1 aromatic heterocycles. The second-order valence-electron chi connectivity index (χ2n) is 8.09. The molecule has 2 heterocycles. The molecule has 6 nitrogen and oxygen atoms in total. The number of piperidine rings is 1. The smallest absolute Gasteiger partial charge is 0.271 e. The van der Waals surface area contributed by atoms with Crippen LogP contribution in [0.25, 0.3) is 5.69 Å². The summed E-state index contributed by atoms with van der Waals surface area (Å²) < 4.78 is 2.43. The van der Waals surface area contributed by atoms with Gasteiger partial charge in [0.25, 0.3) is 5.56 Å².